The van der Waals surface area contributed by atoms with Gasteiger partial charge in [-0.2, -0.15) is 5.10 Å². The van der Waals surface area contributed by atoms with Crippen molar-refractivity contribution in [3.63, 3.8) is 0 Å². The van der Waals surface area contributed by atoms with Crippen LogP contribution in [0.4, 0.5) is 10.1 Å². The molecule has 0 unspecified atom stereocenters. The third-order valence-electron chi connectivity index (χ3n) is 7.87. The molecule has 0 radical (unpaired) electrons. The number of halogens is 1. The molecular formula is C31H28FN9O3S. The van der Waals surface area contributed by atoms with Crippen molar-refractivity contribution in [3.8, 4) is 34.0 Å². The number of carbonyl (C=O) groups is 1. The number of aromatic amines is 2. The summed E-state index contributed by atoms with van der Waals surface area (Å²) in [6, 6.07) is 9.78. The molecule has 0 aliphatic heterocycles. The van der Waals surface area contributed by atoms with E-state index in [0.29, 0.717) is 56.3 Å². The molecule has 1 aliphatic carbocycles. The number of carbonyl (C=O) groups excluding carboxylic acids is 1. The van der Waals surface area contributed by atoms with Crippen LogP contribution in [0.15, 0.2) is 61.2 Å². The number of rotatable bonds is 8. The monoisotopic (exact) mass is 625 g/mol. The van der Waals surface area contributed by atoms with Gasteiger partial charge in [0.2, 0.25) is 15.9 Å². The molecule has 5 heterocycles. The van der Waals surface area contributed by atoms with E-state index in [1.54, 1.807) is 36.9 Å². The molecule has 0 saturated heterocycles. The van der Waals surface area contributed by atoms with E-state index in [2.05, 4.69) is 40.2 Å². The van der Waals surface area contributed by atoms with E-state index in [9.17, 15) is 17.6 Å². The van der Waals surface area contributed by atoms with Crippen LogP contribution in [0, 0.1) is 11.7 Å². The molecule has 45 heavy (non-hydrogen) atoms. The largest absolute Gasteiger partial charge is 0.336 e. The van der Waals surface area contributed by atoms with Crippen LogP contribution in [0.1, 0.15) is 31.2 Å². The molecule has 228 valence electrons. The van der Waals surface area contributed by atoms with Crippen LogP contribution < -0.4 is 10.0 Å². The van der Waals surface area contributed by atoms with E-state index in [1.807, 2.05) is 12.1 Å². The Hall–Kier alpha value is -5.08. The minimum atomic E-state index is -3.46. The Morgan fingerprint density at radius 3 is 2.67 bits per heavy atom. The van der Waals surface area contributed by atoms with Gasteiger partial charge in [-0.25, -0.2) is 22.5 Å². The second-order valence-electron chi connectivity index (χ2n) is 11.2. The zero-order chi connectivity index (χ0) is 31.1. The van der Waals surface area contributed by atoms with Gasteiger partial charge in [0, 0.05) is 41.4 Å². The number of imidazole rings is 1. The van der Waals surface area contributed by atoms with Crippen LogP contribution >= 0.6 is 0 Å². The molecule has 0 spiro atoms. The van der Waals surface area contributed by atoms with Crippen molar-refractivity contribution in [2.75, 3.05) is 11.6 Å². The minimum absolute atomic E-state index is 0.0192. The number of nitrogens with zero attached hydrogens (tertiary/aromatic N) is 5. The standard InChI is InChI=1S/C31H28FN9O3S/c1-45(43,44)36-13-17-8-19(10-21(32)9-17)27-29-24(6-7-34-27)38-30(39-29)28-23-12-25(35-16-26(23)40-41-28)20-11-22(15-33-14-20)37-31(42)18-4-2-3-5-18/h6-12,14-16,18,36H,2-5,13H2,1H3,(H,37,42)(H,38,39)(H,40,41). The fraction of sp³-hybridized carbons (Fsp3) is 0.226. The SMILES string of the molecule is CS(=O)(=O)NCc1cc(F)cc(-c2nccc3[nH]c(-c4n[nH]c5cnc(-c6cncc(NC(=O)C7CCCC7)c6)cc45)nc23)c1. The first kappa shape index (κ1) is 28.7. The molecule has 1 saturated carbocycles. The molecule has 7 rings (SSSR count). The lowest BCUT2D eigenvalue weighted by molar-refractivity contribution is -0.119. The summed E-state index contributed by atoms with van der Waals surface area (Å²) in [5.74, 6) is -0.00201. The van der Waals surface area contributed by atoms with Crippen molar-refractivity contribution in [1.82, 2.24) is 39.8 Å². The number of anilines is 1. The lowest BCUT2D eigenvalue weighted by atomic mass is 10.1. The fourth-order valence-electron chi connectivity index (χ4n) is 5.70. The van der Waals surface area contributed by atoms with E-state index in [0.717, 1.165) is 42.9 Å². The number of sulfonamides is 1. The topological polar surface area (TPSA) is 171 Å². The Morgan fingerprint density at radius 2 is 1.84 bits per heavy atom. The van der Waals surface area contributed by atoms with Crippen molar-refractivity contribution in [3.05, 3.63) is 72.6 Å². The molecule has 5 aromatic heterocycles. The average Bonchev–Trinajstić information content (AvgIpc) is 3.79. The molecule has 0 bridgehead atoms. The molecule has 6 aromatic rings. The van der Waals surface area contributed by atoms with Gasteiger partial charge in [-0.3, -0.25) is 24.8 Å². The third kappa shape index (κ3) is 6.01. The van der Waals surface area contributed by atoms with Crippen molar-refractivity contribution in [1.29, 1.82) is 0 Å². The highest BCUT2D eigenvalue weighted by atomic mass is 32.2. The number of aromatic nitrogens is 7. The Bertz CT molecular complexity index is 2190. The van der Waals surface area contributed by atoms with Crippen molar-refractivity contribution >= 4 is 43.6 Å². The highest BCUT2D eigenvalue weighted by Crippen LogP contribution is 2.33. The molecule has 12 nitrogen and oxygen atoms in total. The smallest absolute Gasteiger partial charge is 0.227 e. The first-order valence-electron chi connectivity index (χ1n) is 14.4. The number of benzene rings is 1. The lowest BCUT2D eigenvalue weighted by Crippen LogP contribution is -2.21. The average molecular weight is 626 g/mol. The molecule has 1 aromatic carbocycles. The maximum absolute atomic E-state index is 14.6. The highest BCUT2D eigenvalue weighted by Gasteiger charge is 2.23. The van der Waals surface area contributed by atoms with Crippen LogP contribution in [0.5, 0.6) is 0 Å². The van der Waals surface area contributed by atoms with Crippen LogP contribution in [0.2, 0.25) is 0 Å². The van der Waals surface area contributed by atoms with Crippen LogP contribution in [0.3, 0.4) is 0 Å². The second-order valence-corrected chi connectivity index (χ2v) is 13.0. The zero-order valence-electron chi connectivity index (χ0n) is 24.1. The van der Waals surface area contributed by atoms with Gasteiger partial charge in [-0.05, 0) is 54.8 Å². The molecule has 4 N–H and O–H groups in total. The number of pyridine rings is 3. The summed E-state index contributed by atoms with van der Waals surface area (Å²) in [7, 11) is -3.46. The van der Waals surface area contributed by atoms with E-state index < -0.39 is 15.8 Å². The van der Waals surface area contributed by atoms with Gasteiger partial charge >= 0.3 is 0 Å². The number of hydrogen-bond donors (Lipinski definition) is 4. The third-order valence-corrected chi connectivity index (χ3v) is 8.54. The fourth-order valence-corrected chi connectivity index (χ4v) is 6.13. The number of hydrogen-bond acceptors (Lipinski definition) is 8. The Balaban J connectivity index is 1.22. The van der Waals surface area contributed by atoms with Crippen LogP contribution in [-0.2, 0) is 21.4 Å². The van der Waals surface area contributed by atoms with E-state index in [-0.39, 0.29) is 18.4 Å². The number of H-pyrrole nitrogens is 2. The van der Waals surface area contributed by atoms with Gasteiger partial charge in [0.25, 0.3) is 0 Å². The summed E-state index contributed by atoms with van der Waals surface area (Å²) in [4.78, 5) is 34.1. The molecule has 1 amide bonds. The molecule has 1 fully saturated rings. The maximum Gasteiger partial charge on any atom is 0.227 e. The normalized spacial score (nSPS) is 14.0. The summed E-state index contributed by atoms with van der Waals surface area (Å²) in [6.07, 6.45) is 11.6. The molecule has 14 heteroatoms. The summed E-state index contributed by atoms with van der Waals surface area (Å²) < 4.78 is 40.1. The summed E-state index contributed by atoms with van der Waals surface area (Å²) in [6.45, 7) is -0.0632. The Labute approximate surface area is 257 Å². The van der Waals surface area contributed by atoms with Crippen LogP contribution in [-0.4, -0.2) is 55.7 Å². The summed E-state index contributed by atoms with van der Waals surface area (Å²) in [5, 5.41) is 11.3. The molecular weight excluding hydrogens is 597 g/mol. The number of fused-ring (bicyclic) bond motifs is 2. The Morgan fingerprint density at radius 1 is 1.00 bits per heavy atom. The van der Waals surface area contributed by atoms with E-state index in [1.165, 1.54) is 12.1 Å². The number of nitrogens with one attached hydrogen (secondary N) is 4. The van der Waals surface area contributed by atoms with E-state index >= 15 is 0 Å². The maximum atomic E-state index is 14.6. The Kier molecular flexibility index (Phi) is 7.30. The van der Waals surface area contributed by atoms with Gasteiger partial charge in [-0.15, -0.1) is 0 Å². The second kappa shape index (κ2) is 11.4. The lowest BCUT2D eigenvalue weighted by Gasteiger charge is -2.11. The molecule has 0 atom stereocenters. The molecule has 1 aliphatic rings. The van der Waals surface area contributed by atoms with Gasteiger partial charge < -0.3 is 10.3 Å². The first-order chi connectivity index (χ1) is 21.7. The summed E-state index contributed by atoms with van der Waals surface area (Å²) >= 11 is 0. The van der Waals surface area contributed by atoms with Gasteiger partial charge in [0.15, 0.2) is 5.82 Å². The van der Waals surface area contributed by atoms with E-state index in [4.69, 9.17) is 4.98 Å². The van der Waals surface area contributed by atoms with Gasteiger partial charge in [0.05, 0.1) is 46.8 Å². The zero-order valence-corrected chi connectivity index (χ0v) is 24.9. The summed E-state index contributed by atoms with van der Waals surface area (Å²) in [5.41, 5.74) is 5.72. The quantitative estimate of drug-likeness (QED) is 0.184. The predicted octanol–water partition coefficient (Wildman–Crippen LogP) is 4.94. The van der Waals surface area contributed by atoms with Crippen LogP contribution in [0.25, 0.3) is 56.0 Å². The predicted molar refractivity (Wildman–Crippen MR) is 168 cm³/mol. The van der Waals surface area contributed by atoms with Gasteiger partial charge in [0.1, 0.15) is 17.0 Å². The minimum Gasteiger partial charge on any atom is -0.336 e. The van der Waals surface area contributed by atoms with Crippen molar-refractivity contribution < 1.29 is 17.6 Å². The van der Waals surface area contributed by atoms with Crippen molar-refractivity contribution in [2.24, 2.45) is 5.92 Å². The van der Waals surface area contributed by atoms with Gasteiger partial charge in [-0.1, -0.05) is 12.8 Å². The first-order valence-corrected chi connectivity index (χ1v) is 16.3. The highest BCUT2D eigenvalue weighted by molar-refractivity contribution is 7.88. The van der Waals surface area contributed by atoms with Crippen molar-refractivity contribution in [2.45, 2.75) is 32.2 Å². The number of amides is 1.